The summed E-state index contributed by atoms with van der Waals surface area (Å²) in [5.74, 6) is -0.183. The van der Waals surface area contributed by atoms with Crippen LogP contribution in [0.4, 0.5) is 0 Å². The summed E-state index contributed by atoms with van der Waals surface area (Å²) in [7, 11) is 1.42. The molecule has 1 rings (SSSR count). The fraction of sp³-hybridized carbons (Fsp3) is 0.500. The molecule has 0 aliphatic heterocycles. The normalized spacial score (nSPS) is 16.0. The first-order valence-corrected chi connectivity index (χ1v) is 11.3. The quantitative estimate of drug-likeness (QED) is 0.240. The molecule has 170 valence electrons. The molecule has 0 spiro atoms. The molecule has 0 heterocycles. The first-order valence-electron chi connectivity index (χ1n) is 11.3. The SMILES string of the molecule is COC1=CC(=O)C(C)=C(CC=C(C)CCC=C(C)CCC=C(C)CCC=C(C)C)C1=O. The largest absolute Gasteiger partial charge is 0.493 e. The van der Waals surface area contributed by atoms with Gasteiger partial charge in [0.25, 0.3) is 0 Å². The van der Waals surface area contributed by atoms with Crippen molar-refractivity contribution < 1.29 is 14.3 Å². The van der Waals surface area contributed by atoms with Crippen LogP contribution in [0.2, 0.25) is 0 Å². The average Bonchev–Trinajstić information content (AvgIpc) is 2.70. The van der Waals surface area contributed by atoms with Gasteiger partial charge in [0.15, 0.2) is 11.5 Å². The van der Waals surface area contributed by atoms with Crippen LogP contribution in [0, 0.1) is 0 Å². The Morgan fingerprint density at radius 2 is 1.29 bits per heavy atom. The minimum atomic E-state index is -0.177. The fourth-order valence-corrected chi connectivity index (χ4v) is 3.42. The van der Waals surface area contributed by atoms with Crippen molar-refractivity contribution in [2.45, 2.75) is 86.5 Å². The first kappa shape index (κ1) is 26.6. The molecule has 0 unspecified atom stereocenters. The van der Waals surface area contributed by atoms with Crippen LogP contribution in [-0.4, -0.2) is 18.7 Å². The van der Waals surface area contributed by atoms with Gasteiger partial charge < -0.3 is 4.74 Å². The van der Waals surface area contributed by atoms with Gasteiger partial charge in [0.2, 0.25) is 5.78 Å². The van der Waals surface area contributed by atoms with Gasteiger partial charge in [-0.1, -0.05) is 46.6 Å². The lowest BCUT2D eigenvalue weighted by Gasteiger charge is -2.15. The van der Waals surface area contributed by atoms with Crippen LogP contribution in [0.1, 0.15) is 86.5 Å². The summed E-state index contributed by atoms with van der Waals surface area (Å²) >= 11 is 0. The van der Waals surface area contributed by atoms with Gasteiger partial charge in [-0.05, 0) is 86.5 Å². The van der Waals surface area contributed by atoms with Gasteiger partial charge in [-0.15, -0.1) is 0 Å². The number of hydrogen-bond donors (Lipinski definition) is 0. The Hall–Kier alpha value is -2.42. The summed E-state index contributed by atoms with van der Waals surface area (Å²) in [5.41, 5.74) is 6.57. The molecule has 0 saturated carbocycles. The number of ketones is 2. The Morgan fingerprint density at radius 1 is 0.806 bits per heavy atom. The van der Waals surface area contributed by atoms with Gasteiger partial charge in [0.05, 0.1) is 7.11 Å². The maximum absolute atomic E-state index is 12.4. The summed E-state index contributed by atoms with van der Waals surface area (Å²) < 4.78 is 5.05. The topological polar surface area (TPSA) is 43.4 Å². The number of Topliss-reactive ketones (excluding diaryl/α,β-unsaturated/α-hetero) is 1. The molecule has 1 aliphatic rings. The lowest BCUT2D eigenvalue weighted by atomic mass is 9.91. The van der Waals surface area contributed by atoms with Crippen molar-refractivity contribution in [2.75, 3.05) is 7.11 Å². The predicted octanol–water partition coefficient (Wildman–Crippen LogP) is 7.52. The molecule has 1 aliphatic carbocycles. The number of ether oxygens (including phenoxy) is 1. The van der Waals surface area contributed by atoms with Crippen molar-refractivity contribution in [3.8, 4) is 0 Å². The molecule has 0 aromatic carbocycles. The lowest BCUT2D eigenvalue weighted by molar-refractivity contribution is -0.118. The molecule has 0 radical (unpaired) electrons. The summed E-state index contributed by atoms with van der Waals surface area (Å²) in [6.45, 7) is 12.5. The molecule has 0 bridgehead atoms. The molecule has 0 amide bonds. The number of hydrogen-bond acceptors (Lipinski definition) is 3. The van der Waals surface area contributed by atoms with Crippen molar-refractivity contribution in [3.63, 3.8) is 0 Å². The van der Waals surface area contributed by atoms with E-state index in [1.54, 1.807) is 6.92 Å². The Morgan fingerprint density at radius 3 is 1.77 bits per heavy atom. The third kappa shape index (κ3) is 9.95. The zero-order valence-electron chi connectivity index (χ0n) is 20.6. The molecule has 0 fully saturated rings. The third-order valence-corrected chi connectivity index (χ3v) is 5.61. The van der Waals surface area contributed by atoms with Gasteiger partial charge in [-0.25, -0.2) is 0 Å². The van der Waals surface area contributed by atoms with Gasteiger partial charge in [-0.2, -0.15) is 0 Å². The smallest absolute Gasteiger partial charge is 0.224 e. The van der Waals surface area contributed by atoms with Crippen molar-refractivity contribution in [3.05, 3.63) is 69.6 Å². The molecule has 31 heavy (non-hydrogen) atoms. The average molecular weight is 425 g/mol. The molecule has 0 aromatic rings. The third-order valence-electron chi connectivity index (χ3n) is 5.61. The monoisotopic (exact) mass is 424 g/mol. The lowest BCUT2D eigenvalue weighted by Crippen LogP contribution is -2.19. The minimum Gasteiger partial charge on any atom is -0.493 e. The molecule has 0 N–H and O–H groups in total. The van der Waals surface area contributed by atoms with Crippen LogP contribution in [-0.2, 0) is 14.3 Å². The van der Waals surface area contributed by atoms with Crippen molar-refractivity contribution in [1.82, 2.24) is 0 Å². The standard InChI is InChI=1S/C28H40O3/c1-20(2)11-8-12-21(3)13-9-14-22(4)15-10-16-23(5)17-18-25-24(6)26(29)19-27(31-7)28(25)30/h11,13,15,17,19H,8-10,12,14,16,18H2,1-7H3. The fourth-order valence-electron chi connectivity index (χ4n) is 3.42. The summed E-state index contributed by atoms with van der Waals surface area (Å²) in [6.07, 6.45) is 17.2. The Kier molecular flexibility index (Phi) is 11.8. The van der Waals surface area contributed by atoms with E-state index in [1.165, 1.54) is 35.5 Å². The van der Waals surface area contributed by atoms with Crippen molar-refractivity contribution in [2.24, 2.45) is 0 Å². The van der Waals surface area contributed by atoms with E-state index in [-0.39, 0.29) is 17.3 Å². The number of carbonyl (C=O) groups is 2. The molecular formula is C28H40O3. The van der Waals surface area contributed by atoms with Crippen LogP contribution < -0.4 is 0 Å². The molecule has 0 atom stereocenters. The Labute approximate surface area is 189 Å². The Balaban J connectivity index is 2.47. The minimum absolute atomic E-state index is 0.136. The summed E-state index contributed by atoms with van der Waals surface area (Å²) in [4.78, 5) is 24.4. The second kappa shape index (κ2) is 13.8. The first-order chi connectivity index (χ1) is 14.6. The van der Waals surface area contributed by atoms with Crippen molar-refractivity contribution in [1.29, 1.82) is 0 Å². The van der Waals surface area contributed by atoms with Crippen molar-refractivity contribution >= 4 is 11.6 Å². The van der Waals surface area contributed by atoms with E-state index in [4.69, 9.17) is 4.74 Å². The van der Waals surface area contributed by atoms with Gasteiger partial charge in [-0.3, -0.25) is 9.59 Å². The molecule has 0 saturated heterocycles. The van der Waals surface area contributed by atoms with E-state index >= 15 is 0 Å². The number of methoxy groups -OCH3 is 1. The van der Waals surface area contributed by atoms with Gasteiger partial charge >= 0.3 is 0 Å². The number of rotatable bonds is 12. The highest BCUT2D eigenvalue weighted by Gasteiger charge is 2.25. The van der Waals surface area contributed by atoms with E-state index in [0.29, 0.717) is 17.6 Å². The van der Waals surface area contributed by atoms with E-state index in [9.17, 15) is 9.59 Å². The zero-order valence-corrected chi connectivity index (χ0v) is 20.6. The zero-order chi connectivity index (χ0) is 23.4. The van der Waals surface area contributed by atoms with Crippen LogP contribution in [0.5, 0.6) is 0 Å². The number of allylic oxidation sites excluding steroid dienone is 11. The number of carbonyl (C=O) groups excluding carboxylic acids is 2. The highest BCUT2D eigenvalue weighted by molar-refractivity contribution is 6.21. The van der Waals surface area contributed by atoms with Crippen LogP contribution in [0.3, 0.4) is 0 Å². The maximum Gasteiger partial charge on any atom is 0.224 e. The molecule has 3 nitrogen and oxygen atoms in total. The summed E-state index contributed by atoms with van der Waals surface area (Å²) in [6, 6.07) is 0. The van der Waals surface area contributed by atoms with E-state index in [2.05, 4.69) is 58.9 Å². The van der Waals surface area contributed by atoms with Crippen LogP contribution >= 0.6 is 0 Å². The van der Waals surface area contributed by atoms with Gasteiger partial charge in [0.1, 0.15) is 0 Å². The van der Waals surface area contributed by atoms with Crippen LogP contribution in [0.15, 0.2) is 69.6 Å². The summed E-state index contributed by atoms with van der Waals surface area (Å²) in [5, 5.41) is 0. The van der Waals surface area contributed by atoms with Gasteiger partial charge in [0, 0.05) is 17.2 Å². The van der Waals surface area contributed by atoms with Crippen LogP contribution in [0.25, 0.3) is 0 Å². The highest BCUT2D eigenvalue weighted by atomic mass is 16.5. The highest BCUT2D eigenvalue weighted by Crippen LogP contribution is 2.23. The van der Waals surface area contributed by atoms with E-state index in [0.717, 1.165) is 38.5 Å². The second-order valence-electron chi connectivity index (χ2n) is 8.76. The Bertz CT molecular complexity index is 837. The van der Waals surface area contributed by atoms with E-state index in [1.807, 2.05) is 0 Å². The molecular weight excluding hydrogens is 384 g/mol. The van der Waals surface area contributed by atoms with E-state index < -0.39 is 0 Å². The predicted molar refractivity (Wildman–Crippen MR) is 131 cm³/mol. The molecule has 0 aromatic heterocycles. The molecule has 3 heteroatoms. The maximum atomic E-state index is 12.4. The second-order valence-corrected chi connectivity index (χ2v) is 8.76.